The van der Waals surface area contributed by atoms with E-state index < -0.39 is 6.10 Å². The Hall–Kier alpha value is -2.68. The third kappa shape index (κ3) is 4.69. The molecule has 8 nitrogen and oxygen atoms in total. The highest BCUT2D eigenvalue weighted by Crippen LogP contribution is 2.29. The molecule has 2 rings (SSSR count). The molecule has 1 aromatic carbocycles. The molecule has 140 valence electrons. The third-order valence-corrected chi connectivity index (χ3v) is 3.76. The predicted octanol–water partition coefficient (Wildman–Crippen LogP) is 2.39. The van der Waals surface area contributed by atoms with Gasteiger partial charge in [-0.2, -0.15) is 14.9 Å². The van der Waals surface area contributed by atoms with Crippen LogP contribution in [0.5, 0.6) is 11.5 Å². The van der Waals surface area contributed by atoms with E-state index >= 15 is 0 Å². The highest BCUT2D eigenvalue weighted by Gasteiger charge is 2.18. The van der Waals surface area contributed by atoms with Gasteiger partial charge in [0.05, 0.1) is 12.8 Å². The van der Waals surface area contributed by atoms with Crippen molar-refractivity contribution in [3.05, 3.63) is 34.4 Å². The van der Waals surface area contributed by atoms with Crippen LogP contribution in [0.3, 0.4) is 0 Å². The van der Waals surface area contributed by atoms with Crippen LogP contribution in [-0.2, 0) is 4.79 Å². The van der Waals surface area contributed by atoms with E-state index in [1.807, 2.05) is 13.0 Å². The topological polar surface area (TPSA) is 84.7 Å². The number of hydrogen-bond donors (Lipinski definition) is 1. The first-order valence-corrected chi connectivity index (χ1v) is 8.57. The summed E-state index contributed by atoms with van der Waals surface area (Å²) >= 11 is 5.12. The zero-order chi connectivity index (χ0) is 19.3. The Morgan fingerprint density at radius 2 is 2.19 bits per heavy atom. The van der Waals surface area contributed by atoms with Gasteiger partial charge in [-0.15, -0.1) is 0 Å². The molecular weight excluding hydrogens is 354 g/mol. The molecule has 0 saturated heterocycles. The summed E-state index contributed by atoms with van der Waals surface area (Å²) in [5.74, 6) is 1.58. The number of aryl methyl sites for hydroxylation is 1. The van der Waals surface area contributed by atoms with Crippen LogP contribution >= 0.6 is 12.2 Å². The minimum absolute atomic E-state index is 0.122. The lowest BCUT2D eigenvalue weighted by Crippen LogP contribution is -2.35. The Bertz CT molecular complexity index is 856. The number of amides is 1. The smallest absolute Gasteiger partial charge is 0.262 e. The second-order valence-electron chi connectivity index (χ2n) is 5.76. The second kappa shape index (κ2) is 8.61. The summed E-state index contributed by atoms with van der Waals surface area (Å²) in [7, 11) is 3.38. The average molecular weight is 377 g/mol. The van der Waals surface area contributed by atoms with Crippen LogP contribution in [0.15, 0.2) is 23.3 Å². The molecule has 0 aliphatic carbocycles. The van der Waals surface area contributed by atoms with Crippen molar-refractivity contribution in [3.63, 3.8) is 0 Å². The van der Waals surface area contributed by atoms with Gasteiger partial charge in [-0.05, 0) is 56.8 Å². The van der Waals surface area contributed by atoms with Crippen LogP contribution in [0.1, 0.15) is 25.2 Å². The molecule has 26 heavy (non-hydrogen) atoms. The predicted molar refractivity (Wildman–Crippen MR) is 102 cm³/mol. The van der Waals surface area contributed by atoms with Gasteiger partial charge in [-0.25, -0.2) is 0 Å². The van der Waals surface area contributed by atoms with Crippen molar-refractivity contribution in [2.75, 3.05) is 20.7 Å². The van der Waals surface area contributed by atoms with E-state index in [-0.39, 0.29) is 5.91 Å². The molecular formula is C17H23N5O3S. The molecule has 9 heteroatoms. The number of aromatic nitrogens is 3. The number of hydrogen-bond acceptors (Lipinski definition) is 6. The van der Waals surface area contributed by atoms with Gasteiger partial charge in [-0.3, -0.25) is 9.89 Å². The Morgan fingerprint density at radius 3 is 2.77 bits per heavy atom. The monoisotopic (exact) mass is 377 g/mol. The zero-order valence-electron chi connectivity index (χ0n) is 15.5. The van der Waals surface area contributed by atoms with Gasteiger partial charge < -0.3 is 14.4 Å². The minimum Gasteiger partial charge on any atom is -0.490 e. The van der Waals surface area contributed by atoms with Crippen molar-refractivity contribution in [1.82, 2.24) is 19.8 Å². The van der Waals surface area contributed by atoms with Crippen molar-refractivity contribution < 1.29 is 14.3 Å². The van der Waals surface area contributed by atoms with E-state index in [9.17, 15) is 4.79 Å². The molecule has 0 spiro atoms. The number of ether oxygens (including phenoxy) is 2. The van der Waals surface area contributed by atoms with Crippen LogP contribution < -0.4 is 9.47 Å². The Kier molecular flexibility index (Phi) is 6.51. The first-order valence-electron chi connectivity index (χ1n) is 8.16. The zero-order valence-corrected chi connectivity index (χ0v) is 16.3. The van der Waals surface area contributed by atoms with Crippen LogP contribution in [-0.4, -0.2) is 58.7 Å². The lowest BCUT2D eigenvalue weighted by Gasteiger charge is -2.20. The maximum absolute atomic E-state index is 12.0. The van der Waals surface area contributed by atoms with Gasteiger partial charge in [0.25, 0.3) is 5.91 Å². The molecule has 0 aliphatic rings. The molecule has 0 saturated carbocycles. The number of carbonyl (C=O) groups excluding carboxylic acids is 1. The molecule has 0 bridgehead atoms. The number of nitrogens with zero attached hydrogens (tertiary/aromatic N) is 4. The number of carbonyl (C=O) groups is 1. The Morgan fingerprint density at radius 1 is 1.46 bits per heavy atom. The van der Waals surface area contributed by atoms with Gasteiger partial charge >= 0.3 is 0 Å². The lowest BCUT2D eigenvalue weighted by molar-refractivity contribution is -0.135. The first kappa shape index (κ1) is 19.6. The fourth-order valence-electron chi connectivity index (χ4n) is 2.21. The summed E-state index contributed by atoms with van der Waals surface area (Å²) in [5, 5.41) is 11.0. The van der Waals surface area contributed by atoms with E-state index in [4.69, 9.17) is 21.7 Å². The number of likely N-dealkylation sites (N-methyl/N-ethyl adjacent to an activating group) is 1. The van der Waals surface area contributed by atoms with Crippen LogP contribution in [0.4, 0.5) is 0 Å². The number of benzene rings is 1. The molecule has 1 aromatic heterocycles. The fourth-order valence-corrected chi connectivity index (χ4v) is 2.43. The van der Waals surface area contributed by atoms with Crippen molar-refractivity contribution in [1.29, 1.82) is 0 Å². The Balaban J connectivity index is 2.25. The highest BCUT2D eigenvalue weighted by atomic mass is 32.1. The molecule has 0 fully saturated rings. The molecule has 1 atom stereocenters. The number of H-pyrrole nitrogens is 1. The summed E-state index contributed by atoms with van der Waals surface area (Å²) in [6.07, 6.45) is 1.04. The SMILES string of the molecule is CCOc1cc(/C=N\n2c(C)n[nH]c2=S)ccc1O[C@H](C)C(=O)N(C)C. The number of rotatable bonds is 7. The van der Waals surface area contributed by atoms with Gasteiger partial charge in [0.2, 0.25) is 4.77 Å². The fraction of sp³-hybridized carbons (Fsp3) is 0.412. The summed E-state index contributed by atoms with van der Waals surface area (Å²) < 4.78 is 13.4. The van der Waals surface area contributed by atoms with E-state index in [0.29, 0.717) is 28.7 Å². The van der Waals surface area contributed by atoms with Crippen LogP contribution in [0, 0.1) is 11.7 Å². The second-order valence-corrected chi connectivity index (χ2v) is 6.15. The largest absolute Gasteiger partial charge is 0.490 e. The van der Waals surface area contributed by atoms with Crippen molar-refractivity contribution >= 4 is 24.3 Å². The van der Waals surface area contributed by atoms with Crippen LogP contribution in [0.2, 0.25) is 0 Å². The van der Waals surface area contributed by atoms with Gasteiger partial charge in [0, 0.05) is 14.1 Å². The van der Waals surface area contributed by atoms with E-state index in [1.54, 1.807) is 46.3 Å². The molecule has 2 aromatic rings. The van der Waals surface area contributed by atoms with E-state index in [2.05, 4.69) is 15.3 Å². The standard InChI is InChI=1S/C17H23N5O3S/c1-6-24-15-9-13(10-18-22-12(3)19-20-17(22)26)7-8-14(15)25-11(2)16(23)21(4)5/h7-11H,6H2,1-5H3,(H,20,26)/b18-10-/t11-/m1/s1. The molecule has 1 heterocycles. The maximum Gasteiger partial charge on any atom is 0.262 e. The number of nitrogens with one attached hydrogen (secondary N) is 1. The van der Waals surface area contributed by atoms with E-state index in [0.717, 1.165) is 5.56 Å². The molecule has 0 aliphatic heterocycles. The van der Waals surface area contributed by atoms with E-state index in [1.165, 1.54) is 9.58 Å². The quantitative estimate of drug-likeness (QED) is 0.592. The summed E-state index contributed by atoms with van der Waals surface area (Å²) in [4.78, 5) is 13.5. The summed E-state index contributed by atoms with van der Waals surface area (Å²) in [6, 6.07) is 5.38. The Labute approximate surface area is 157 Å². The minimum atomic E-state index is -0.615. The maximum atomic E-state index is 12.0. The number of aromatic amines is 1. The molecule has 1 amide bonds. The van der Waals surface area contributed by atoms with Crippen molar-refractivity contribution in [2.24, 2.45) is 5.10 Å². The van der Waals surface area contributed by atoms with Gasteiger partial charge in [0.1, 0.15) is 5.82 Å². The molecule has 0 unspecified atom stereocenters. The highest BCUT2D eigenvalue weighted by molar-refractivity contribution is 7.71. The van der Waals surface area contributed by atoms with Gasteiger partial charge in [0.15, 0.2) is 17.6 Å². The summed E-state index contributed by atoms with van der Waals surface area (Å²) in [6.45, 7) is 5.86. The average Bonchev–Trinajstić information content (AvgIpc) is 2.92. The molecule has 0 radical (unpaired) electrons. The lowest BCUT2D eigenvalue weighted by atomic mass is 10.2. The van der Waals surface area contributed by atoms with Gasteiger partial charge in [-0.1, -0.05) is 0 Å². The van der Waals surface area contributed by atoms with Crippen LogP contribution in [0.25, 0.3) is 0 Å². The van der Waals surface area contributed by atoms with Crippen molar-refractivity contribution in [3.8, 4) is 11.5 Å². The normalized spacial score (nSPS) is 12.2. The summed E-state index contributed by atoms with van der Waals surface area (Å²) in [5.41, 5.74) is 0.801. The first-order chi connectivity index (χ1) is 12.3. The van der Waals surface area contributed by atoms with Crippen molar-refractivity contribution in [2.45, 2.75) is 26.9 Å². The third-order valence-electron chi connectivity index (χ3n) is 3.49. The molecule has 1 N–H and O–H groups in total.